The smallest absolute Gasteiger partial charge is 0.341 e. The number of halogens is 1. The third-order valence-electron chi connectivity index (χ3n) is 5.65. The fourth-order valence-corrected chi connectivity index (χ4v) is 5.87. The predicted molar refractivity (Wildman–Crippen MR) is 153 cm³/mol. The average Bonchev–Trinajstić information content (AvgIpc) is 3.41. The van der Waals surface area contributed by atoms with E-state index in [1.165, 1.54) is 11.8 Å². The molecule has 1 atom stereocenters. The average molecular weight is 594 g/mol. The minimum absolute atomic E-state index is 0.00946. The van der Waals surface area contributed by atoms with Crippen molar-refractivity contribution < 1.29 is 23.9 Å². The number of esters is 1. The van der Waals surface area contributed by atoms with Crippen LogP contribution in [0.1, 0.15) is 76.3 Å². The molecule has 2 heterocycles. The lowest BCUT2D eigenvalue weighted by atomic mass is 10.1. The molecule has 0 aliphatic carbocycles. The summed E-state index contributed by atoms with van der Waals surface area (Å²) in [5, 5.41) is 12.7. The maximum Gasteiger partial charge on any atom is 0.341 e. The fraction of sp³-hybridized carbons (Fsp3) is 0.423. The monoisotopic (exact) mass is 593 g/mol. The second-order valence-electron chi connectivity index (χ2n) is 9.13. The normalized spacial score (nSPS) is 11.9. The first-order valence-corrected chi connectivity index (χ1v) is 14.4. The van der Waals surface area contributed by atoms with Gasteiger partial charge in [0.25, 0.3) is 5.91 Å². The van der Waals surface area contributed by atoms with Crippen LogP contribution in [0.3, 0.4) is 0 Å². The highest BCUT2D eigenvalue weighted by atomic mass is 35.5. The summed E-state index contributed by atoms with van der Waals surface area (Å²) >= 11 is 8.41. The lowest BCUT2D eigenvalue weighted by Gasteiger charge is -2.17. The van der Waals surface area contributed by atoms with Crippen LogP contribution in [0.15, 0.2) is 17.3 Å². The van der Waals surface area contributed by atoms with Crippen molar-refractivity contribution in [3.05, 3.63) is 50.1 Å². The third kappa shape index (κ3) is 7.11. The molecule has 0 bridgehead atoms. The largest absolute Gasteiger partial charge is 0.483 e. The number of ether oxygens (including phenoxy) is 2. The minimum Gasteiger partial charge on any atom is -0.483 e. The molecule has 39 heavy (non-hydrogen) atoms. The van der Waals surface area contributed by atoms with Gasteiger partial charge in [-0.15, -0.1) is 21.5 Å². The molecule has 0 spiro atoms. The van der Waals surface area contributed by atoms with Crippen LogP contribution in [0.25, 0.3) is 0 Å². The number of benzene rings is 1. The number of carbonyl (C=O) groups excluding carboxylic acids is 3. The summed E-state index contributed by atoms with van der Waals surface area (Å²) in [4.78, 5) is 37.6. The van der Waals surface area contributed by atoms with Crippen LogP contribution in [0.4, 0.5) is 5.00 Å². The Morgan fingerprint density at radius 2 is 1.79 bits per heavy atom. The lowest BCUT2D eigenvalue weighted by Crippen LogP contribution is -2.18. The Morgan fingerprint density at radius 3 is 2.36 bits per heavy atom. The summed E-state index contributed by atoms with van der Waals surface area (Å²) in [6.07, 6.45) is -0.780. The van der Waals surface area contributed by atoms with E-state index < -0.39 is 18.0 Å². The molecule has 2 amide bonds. The molecule has 3 N–H and O–H groups in total. The van der Waals surface area contributed by atoms with Gasteiger partial charge in [-0.2, -0.15) is 0 Å². The van der Waals surface area contributed by atoms with Crippen molar-refractivity contribution in [2.24, 2.45) is 5.73 Å². The lowest BCUT2D eigenvalue weighted by molar-refractivity contribution is -0.113. The van der Waals surface area contributed by atoms with Crippen molar-refractivity contribution >= 4 is 57.5 Å². The number of rotatable bonds is 11. The van der Waals surface area contributed by atoms with Gasteiger partial charge in [0.2, 0.25) is 5.91 Å². The van der Waals surface area contributed by atoms with Crippen LogP contribution in [-0.4, -0.2) is 44.4 Å². The molecule has 10 nitrogen and oxygen atoms in total. The van der Waals surface area contributed by atoms with Gasteiger partial charge in [-0.05, 0) is 77.3 Å². The summed E-state index contributed by atoms with van der Waals surface area (Å²) in [5.41, 5.74) is 7.79. The molecule has 210 valence electrons. The number of hydrogen-bond acceptors (Lipinski definition) is 9. The van der Waals surface area contributed by atoms with Gasteiger partial charge >= 0.3 is 5.97 Å². The zero-order valence-corrected chi connectivity index (χ0v) is 25.3. The summed E-state index contributed by atoms with van der Waals surface area (Å²) in [6, 6.07) is 3.75. The maximum absolute atomic E-state index is 12.9. The number of primary amides is 1. The van der Waals surface area contributed by atoms with Crippen LogP contribution in [0.2, 0.25) is 5.02 Å². The molecular formula is C26H32ClN5O5S2. The van der Waals surface area contributed by atoms with Gasteiger partial charge in [0.15, 0.2) is 17.1 Å². The third-order valence-corrected chi connectivity index (χ3v) is 8.44. The van der Waals surface area contributed by atoms with E-state index in [1.807, 2.05) is 44.4 Å². The van der Waals surface area contributed by atoms with Gasteiger partial charge in [-0.3, -0.25) is 9.59 Å². The van der Waals surface area contributed by atoms with Gasteiger partial charge in [-0.25, -0.2) is 4.79 Å². The van der Waals surface area contributed by atoms with Gasteiger partial charge in [-0.1, -0.05) is 23.4 Å². The topological polar surface area (TPSA) is 138 Å². The molecular weight excluding hydrogens is 562 g/mol. The molecule has 0 aliphatic heterocycles. The van der Waals surface area contributed by atoms with E-state index in [-0.39, 0.29) is 33.2 Å². The number of carbonyl (C=O) groups is 3. The first-order valence-electron chi connectivity index (χ1n) is 12.3. The number of aryl methyl sites for hydroxylation is 2. The highest BCUT2D eigenvalue weighted by Gasteiger charge is 2.27. The SMILES string of the molecule is CCn1c(SCC(=O)Nc2sc(C(N)=O)c(C)c2C(=O)OC(C)C)nnc1C(C)Oc1cc(C)c(Cl)c(C)c1. The number of thioether (sulfide) groups is 1. The summed E-state index contributed by atoms with van der Waals surface area (Å²) in [6.45, 7) is 13.3. The number of nitrogens with zero attached hydrogens (tertiary/aromatic N) is 3. The predicted octanol–water partition coefficient (Wildman–Crippen LogP) is 5.47. The summed E-state index contributed by atoms with van der Waals surface area (Å²) < 4.78 is 13.3. The van der Waals surface area contributed by atoms with E-state index in [1.54, 1.807) is 20.8 Å². The molecule has 2 aromatic heterocycles. The summed E-state index contributed by atoms with van der Waals surface area (Å²) in [7, 11) is 0. The Balaban J connectivity index is 1.73. The number of nitrogens with two attached hydrogens (primary N) is 1. The maximum atomic E-state index is 12.9. The zero-order valence-electron chi connectivity index (χ0n) is 22.9. The van der Waals surface area contributed by atoms with E-state index in [4.69, 9.17) is 26.8 Å². The number of hydrogen-bond donors (Lipinski definition) is 2. The Labute approximate surface area is 240 Å². The molecule has 0 fully saturated rings. The second-order valence-corrected chi connectivity index (χ2v) is 11.5. The van der Waals surface area contributed by atoms with Crippen molar-refractivity contribution in [3.8, 4) is 5.75 Å². The number of amides is 2. The van der Waals surface area contributed by atoms with E-state index in [0.29, 0.717) is 33.9 Å². The van der Waals surface area contributed by atoms with E-state index in [9.17, 15) is 14.4 Å². The van der Waals surface area contributed by atoms with E-state index in [2.05, 4.69) is 15.5 Å². The van der Waals surface area contributed by atoms with Crippen molar-refractivity contribution in [3.63, 3.8) is 0 Å². The molecule has 0 saturated heterocycles. The van der Waals surface area contributed by atoms with Crippen LogP contribution in [0, 0.1) is 20.8 Å². The second kappa shape index (κ2) is 12.8. The Kier molecular flexibility index (Phi) is 10.0. The zero-order chi connectivity index (χ0) is 29.0. The van der Waals surface area contributed by atoms with Gasteiger partial charge < -0.3 is 25.1 Å². The molecule has 1 aromatic carbocycles. The first kappa shape index (κ1) is 30.5. The number of anilines is 1. The van der Waals surface area contributed by atoms with E-state index >= 15 is 0 Å². The molecule has 1 unspecified atom stereocenters. The van der Waals surface area contributed by atoms with Crippen LogP contribution < -0.4 is 15.8 Å². The van der Waals surface area contributed by atoms with Gasteiger partial charge in [0.05, 0.1) is 22.3 Å². The number of aromatic nitrogens is 3. The van der Waals surface area contributed by atoms with Crippen LogP contribution >= 0.6 is 34.7 Å². The molecule has 3 aromatic rings. The Bertz CT molecular complexity index is 1380. The minimum atomic E-state index is -0.685. The Morgan fingerprint density at radius 1 is 1.15 bits per heavy atom. The van der Waals surface area contributed by atoms with Crippen molar-refractivity contribution in [1.29, 1.82) is 0 Å². The van der Waals surface area contributed by atoms with Crippen LogP contribution in [0.5, 0.6) is 5.75 Å². The van der Waals surface area contributed by atoms with Crippen molar-refractivity contribution in [1.82, 2.24) is 14.8 Å². The van der Waals surface area contributed by atoms with Crippen LogP contribution in [-0.2, 0) is 16.1 Å². The van der Waals surface area contributed by atoms with Crippen molar-refractivity contribution in [2.45, 2.75) is 72.4 Å². The van der Waals surface area contributed by atoms with Crippen molar-refractivity contribution in [2.75, 3.05) is 11.1 Å². The molecule has 3 rings (SSSR count). The first-order chi connectivity index (χ1) is 18.3. The standard InChI is InChI=1S/C26H32ClN5O5S2/c1-8-32-23(16(7)37-17-9-13(4)20(27)14(5)10-17)30-31-26(32)38-11-18(33)29-24-19(25(35)36-12(2)3)15(6)21(39-24)22(28)34/h9-10,12,16H,8,11H2,1-7H3,(H2,28,34)(H,29,33). The number of nitrogens with one attached hydrogen (secondary N) is 1. The van der Waals surface area contributed by atoms with E-state index in [0.717, 1.165) is 22.5 Å². The molecule has 0 radical (unpaired) electrons. The highest BCUT2D eigenvalue weighted by Crippen LogP contribution is 2.34. The highest BCUT2D eigenvalue weighted by molar-refractivity contribution is 7.99. The quantitative estimate of drug-likeness (QED) is 0.220. The Hall–Kier alpha value is -3.09. The van der Waals surface area contributed by atoms with Gasteiger partial charge in [0.1, 0.15) is 10.8 Å². The molecule has 0 aliphatic rings. The molecule has 0 saturated carbocycles. The summed E-state index contributed by atoms with van der Waals surface area (Å²) in [5.74, 6) is -0.428. The van der Waals surface area contributed by atoms with Gasteiger partial charge in [0, 0.05) is 11.6 Å². The molecule has 13 heteroatoms. The fourth-order valence-electron chi connectivity index (χ4n) is 3.88. The number of thiophene rings is 1.